The molecule has 1 fully saturated rings. The van der Waals surface area contributed by atoms with Crippen LogP contribution < -0.4 is 4.72 Å². The van der Waals surface area contributed by atoms with E-state index >= 15 is 0 Å². The fourth-order valence-electron chi connectivity index (χ4n) is 2.97. The van der Waals surface area contributed by atoms with Gasteiger partial charge in [-0.3, -0.25) is 9.62 Å². The van der Waals surface area contributed by atoms with Crippen LogP contribution in [0, 0.1) is 11.6 Å². The van der Waals surface area contributed by atoms with Crippen molar-refractivity contribution in [1.29, 1.82) is 0 Å². The van der Waals surface area contributed by atoms with Crippen molar-refractivity contribution in [2.75, 3.05) is 17.8 Å². The lowest BCUT2D eigenvalue weighted by Gasteiger charge is -2.28. The van der Waals surface area contributed by atoms with Gasteiger partial charge in [0.05, 0.1) is 0 Å². The fourth-order valence-corrected chi connectivity index (χ4v) is 4.70. The second-order valence-electron chi connectivity index (χ2n) is 6.83. The molecule has 0 saturated carbocycles. The molecular formula is C20H23F3N4O2S2. The first-order chi connectivity index (χ1) is 14.8. The quantitative estimate of drug-likeness (QED) is 0.593. The van der Waals surface area contributed by atoms with Gasteiger partial charge in [-0.05, 0) is 25.0 Å². The highest BCUT2D eigenvalue weighted by molar-refractivity contribution is 7.93. The van der Waals surface area contributed by atoms with E-state index in [4.69, 9.17) is 0 Å². The van der Waals surface area contributed by atoms with Crippen LogP contribution in [0.1, 0.15) is 19.8 Å². The Balaban J connectivity index is 0.000000450. The van der Waals surface area contributed by atoms with Crippen LogP contribution in [0.5, 0.6) is 0 Å². The third-order valence-corrected chi connectivity index (χ3v) is 6.61. The van der Waals surface area contributed by atoms with Gasteiger partial charge in [-0.15, -0.1) is 0 Å². The minimum absolute atomic E-state index is 0. The zero-order chi connectivity index (χ0) is 22.3. The zero-order valence-corrected chi connectivity index (χ0v) is 18.1. The van der Waals surface area contributed by atoms with E-state index in [0.29, 0.717) is 32.0 Å². The lowest BCUT2D eigenvalue weighted by atomic mass is 10.1. The summed E-state index contributed by atoms with van der Waals surface area (Å²) < 4.78 is 71.7. The summed E-state index contributed by atoms with van der Waals surface area (Å²) in [5, 5.41) is -0.0435. The number of alkyl halides is 1. The van der Waals surface area contributed by atoms with Crippen molar-refractivity contribution in [3.05, 3.63) is 72.1 Å². The van der Waals surface area contributed by atoms with E-state index in [1.165, 1.54) is 0 Å². The second-order valence-corrected chi connectivity index (χ2v) is 9.26. The van der Waals surface area contributed by atoms with Crippen molar-refractivity contribution in [3.63, 3.8) is 0 Å². The monoisotopic (exact) mass is 472 g/mol. The molecule has 0 amide bonds. The smallest absolute Gasteiger partial charge is 0.266 e. The van der Waals surface area contributed by atoms with Crippen molar-refractivity contribution < 1.29 is 23.0 Å². The minimum atomic E-state index is -4.31. The summed E-state index contributed by atoms with van der Waals surface area (Å²) in [6.45, 7) is 0.987. The van der Waals surface area contributed by atoms with E-state index in [1.54, 1.807) is 0 Å². The molecule has 1 saturated heterocycles. The van der Waals surface area contributed by atoms with Gasteiger partial charge in [-0.2, -0.15) is 4.37 Å². The first kappa shape index (κ1) is 23.2. The van der Waals surface area contributed by atoms with Crippen molar-refractivity contribution in [2.45, 2.75) is 30.5 Å². The highest BCUT2D eigenvalue weighted by atomic mass is 32.2. The van der Waals surface area contributed by atoms with Crippen molar-refractivity contribution >= 4 is 26.7 Å². The summed E-state index contributed by atoms with van der Waals surface area (Å²) in [5.41, 5.74) is 0.0321. The first-order valence-electron chi connectivity index (χ1n) is 9.49. The van der Waals surface area contributed by atoms with Gasteiger partial charge in [-0.25, -0.2) is 26.6 Å². The van der Waals surface area contributed by atoms with Crippen LogP contribution in [0.15, 0.2) is 59.8 Å². The molecule has 4 rings (SSSR count). The standard InChI is InChI=1S/C14H15F3N4O2S2.C6H6.H2/c15-10-1-3-21(4-2-10)7-9-5-12(17)13(6-11(9)16)25(22,23)20-14-18-8-19-24-14;1-2-4-6-5-3-1;/h5-6,8,10H,1-4,7H2,(H,18,19,20);1-6H;1H. The van der Waals surface area contributed by atoms with Crippen LogP contribution in [0.3, 0.4) is 0 Å². The number of halogens is 3. The summed E-state index contributed by atoms with van der Waals surface area (Å²) in [7, 11) is -4.31. The zero-order valence-electron chi connectivity index (χ0n) is 16.4. The van der Waals surface area contributed by atoms with Gasteiger partial charge < -0.3 is 0 Å². The Kier molecular flexibility index (Phi) is 7.99. The van der Waals surface area contributed by atoms with E-state index in [9.17, 15) is 21.6 Å². The van der Waals surface area contributed by atoms with Crippen LogP contribution in [-0.2, 0) is 16.6 Å². The summed E-state index contributed by atoms with van der Waals surface area (Å²) in [5.74, 6) is -1.89. The summed E-state index contributed by atoms with van der Waals surface area (Å²) >= 11 is 0.776. The molecule has 1 aliphatic rings. The van der Waals surface area contributed by atoms with E-state index < -0.39 is 32.7 Å². The molecule has 168 valence electrons. The van der Waals surface area contributed by atoms with Crippen LogP contribution in [0.25, 0.3) is 0 Å². The van der Waals surface area contributed by atoms with Gasteiger partial charge >= 0.3 is 0 Å². The molecule has 0 bridgehead atoms. The molecule has 0 spiro atoms. The SMILES string of the molecule is O=S(=O)(Nc1ncns1)c1cc(F)c(CN2CCC(F)CC2)cc1F.[HH].c1ccccc1. The van der Waals surface area contributed by atoms with Gasteiger partial charge in [0.1, 0.15) is 29.0 Å². The minimum Gasteiger partial charge on any atom is -0.299 e. The molecule has 1 aromatic heterocycles. The molecule has 1 aliphatic heterocycles. The van der Waals surface area contributed by atoms with E-state index in [1.807, 2.05) is 46.0 Å². The largest absolute Gasteiger partial charge is 0.299 e. The number of aromatic nitrogens is 2. The highest BCUT2D eigenvalue weighted by Crippen LogP contribution is 2.24. The third-order valence-electron chi connectivity index (χ3n) is 4.55. The third kappa shape index (κ3) is 6.74. The molecule has 31 heavy (non-hydrogen) atoms. The molecular weight excluding hydrogens is 449 g/mol. The molecule has 0 unspecified atom stereocenters. The number of nitrogens with zero attached hydrogens (tertiary/aromatic N) is 3. The lowest BCUT2D eigenvalue weighted by molar-refractivity contribution is 0.144. The number of piperidine rings is 1. The average Bonchev–Trinajstić information content (AvgIpc) is 3.26. The molecule has 0 aliphatic carbocycles. The number of sulfonamides is 1. The van der Waals surface area contributed by atoms with Gasteiger partial charge in [0.15, 0.2) is 0 Å². The molecule has 0 atom stereocenters. The van der Waals surface area contributed by atoms with Gasteiger partial charge in [0.2, 0.25) is 5.13 Å². The Bertz CT molecular complexity index is 1040. The van der Waals surface area contributed by atoms with Crippen molar-refractivity contribution in [2.24, 2.45) is 0 Å². The molecule has 2 heterocycles. The molecule has 3 aromatic rings. The predicted octanol–water partition coefficient (Wildman–Crippen LogP) is 4.48. The van der Waals surface area contributed by atoms with Crippen molar-refractivity contribution in [3.8, 4) is 0 Å². The fraction of sp³-hybridized carbons (Fsp3) is 0.300. The number of nitrogens with one attached hydrogen (secondary N) is 1. The number of rotatable bonds is 5. The number of likely N-dealkylation sites (tertiary alicyclic amines) is 1. The highest BCUT2D eigenvalue weighted by Gasteiger charge is 2.25. The average molecular weight is 473 g/mol. The predicted molar refractivity (Wildman–Crippen MR) is 115 cm³/mol. The second kappa shape index (κ2) is 10.7. The Morgan fingerprint density at radius 3 is 2.23 bits per heavy atom. The van der Waals surface area contributed by atoms with Crippen LogP contribution in [-0.4, -0.2) is 41.9 Å². The summed E-state index contributed by atoms with van der Waals surface area (Å²) in [4.78, 5) is 4.65. The van der Waals surface area contributed by atoms with E-state index in [2.05, 4.69) is 9.36 Å². The number of hydrogen-bond acceptors (Lipinski definition) is 6. The van der Waals surface area contributed by atoms with Crippen LogP contribution in [0.4, 0.5) is 18.3 Å². The topological polar surface area (TPSA) is 75.2 Å². The number of hydrogen-bond donors (Lipinski definition) is 1. The molecule has 2 aromatic carbocycles. The lowest BCUT2D eigenvalue weighted by Crippen LogP contribution is -2.34. The molecule has 1 N–H and O–H groups in total. The van der Waals surface area contributed by atoms with Gasteiger partial charge in [0, 0.05) is 38.2 Å². The molecule has 6 nitrogen and oxygen atoms in total. The Morgan fingerprint density at radius 1 is 1.06 bits per heavy atom. The summed E-state index contributed by atoms with van der Waals surface area (Å²) in [6, 6.07) is 13.5. The van der Waals surface area contributed by atoms with E-state index in [-0.39, 0.29) is 18.7 Å². The Morgan fingerprint density at radius 2 is 1.68 bits per heavy atom. The van der Waals surface area contributed by atoms with Crippen molar-refractivity contribution in [1.82, 2.24) is 14.3 Å². The van der Waals surface area contributed by atoms with Gasteiger partial charge in [-0.1, -0.05) is 36.4 Å². The normalized spacial score (nSPS) is 15.2. The van der Waals surface area contributed by atoms with Crippen LogP contribution in [0.2, 0.25) is 0 Å². The number of anilines is 1. The number of benzene rings is 2. The summed E-state index contributed by atoms with van der Waals surface area (Å²) in [6.07, 6.45) is 0.977. The van der Waals surface area contributed by atoms with Crippen LogP contribution >= 0.6 is 11.5 Å². The maximum absolute atomic E-state index is 14.3. The van der Waals surface area contributed by atoms with E-state index in [0.717, 1.165) is 23.9 Å². The first-order valence-corrected chi connectivity index (χ1v) is 11.7. The maximum Gasteiger partial charge on any atom is 0.266 e. The molecule has 0 radical (unpaired) electrons. The van der Waals surface area contributed by atoms with Gasteiger partial charge in [0.25, 0.3) is 10.0 Å². The maximum atomic E-state index is 14.3. The Hall–Kier alpha value is -2.50. The molecule has 11 heteroatoms. The Labute approximate surface area is 184 Å².